The van der Waals surface area contributed by atoms with Gasteiger partial charge in [0.1, 0.15) is 5.75 Å². The Morgan fingerprint density at radius 3 is 2.18 bits per heavy atom. The molecule has 0 aliphatic carbocycles. The van der Waals surface area contributed by atoms with Gasteiger partial charge in [0.15, 0.2) is 0 Å². The molecular formula is C17H21NO3S. The third-order valence-electron chi connectivity index (χ3n) is 3.81. The fourth-order valence-electron chi connectivity index (χ4n) is 2.30. The van der Waals surface area contributed by atoms with Crippen molar-refractivity contribution in [1.29, 1.82) is 0 Å². The zero-order chi connectivity index (χ0) is 16.3. The lowest BCUT2D eigenvalue weighted by Crippen LogP contribution is -2.15. The molecule has 0 aromatic heterocycles. The topological polar surface area (TPSA) is 55.4 Å². The van der Waals surface area contributed by atoms with Gasteiger partial charge in [0, 0.05) is 5.69 Å². The summed E-state index contributed by atoms with van der Waals surface area (Å²) in [7, 11) is -2.04. The summed E-state index contributed by atoms with van der Waals surface area (Å²) < 4.78 is 33.0. The van der Waals surface area contributed by atoms with E-state index in [0.717, 1.165) is 12.0 Å². The second-order valence-electron chi connectivity index (χ2n) is 5.17. The van der Waals surface area contributed by atoms with Crippen LogP contribution in [0, 0.1) is 13.8 Å². The number of sulfonamides is 1. The lowest BCUT2D eigenvalue weighted by molar-refractivity contribution is 0.411. The summed E-state index contributed by atoms with van der Waals surface area (Å²) in [5, 5.41) is 0. The van der Waals surface area contributed by atoms with Crippen molar-refractivity contribution in [1.82, 2.24) is 0 Å². The van der Waals surface area contributed by atoms with Gasteiger partial charge in [-0.15, -0.1) is 0 Å². The van der Waals surface area contributed by atoms with Crippen LogP contribution in [-0.2, 0) is 16.4 Å². The van der Waals surface area contributed by atoms with Gasteiger partial charge in [-0.2, -0.15) is 0 Å². The minimum atomic E-state index is -3.62. The van der Waals surface area contributed by atoms with Crippen molar-refractivity contribution in [3.63, 3.8) is 0 Å². The maximum atomic E-state index is 12.6. The van der Waals surface area contributed by atoms with Crippen LogP contribution >= 0.6 is 0 Å². The van der Waals surface area contributed by atoms with Gasteiger partial charge in [-0.1, -0.05) is 19.1 Å². The van der Waals surface area contributed by atoms with Crippen molar-refractivity contribution in [3.8, 4) is 5.75 Å². The molecule has 0 amide bonds. The van der Waals surface area contributed by atoms with E-state index in [1.165, 1.54) is 5.56 Å². The van der Waals surface area contributed by atoms with Gasteiger partial charge in [0.2, 0.25) is 0 Å². The molecular weight excluding hydrogens is 298 g/mol. The van der Waals surface area contributed by atoms with Gasteiger partial charge >= 0.3 is 0 Å². The van der Waals surface area contributed by atoms with E-state index >= 15 is 0 Å². The first-order valence-corrected chi connectivity index (χ1v) is 8.63. The largest absolute Gasteiger partial charge is 0.496 e. The second kappa shape index (κ2) is 6.40. The first-order valence-electron chi connectivity index (χ1n) is 7.15. The average Bonchev–Trinajstić information content (AvgIpc) is 2.50. The molecule has 2 rings (SSSR count). The number of methoxy groups -OCH3 is 1. The van der Waals surface area contributed by atoms with E-state index in [0.29, 0.717) is 17.0 Å². The van der Waals surface area contributed by atoms with Gasteiger partial charge < -0.3 is 4.74 Å². The predicted octanol–water partition coefficient (Wildman–Crippen LogP) is 3.68. The highest BCUT2D eigenvalue weighted by Gasteiger charge is 2.19. The number of hydrogen-bond acceptors (Lipinski definition) is 3. The van der Waals surface area contributed by atoms with E-state index in [1.807, 2.05) is 19.1 Å². The van der Waals surface area contributed by atoms with Gasteiger partial charge in [0.25, 0.3) is 10.0 Å². The molecule has 2 aromatic rings. The number of rotatable bonds is 5. The van der Waals surface area contributed by atoms with E-state index in [-0.39, 0.29) is 4.90 Å². The Hall–Kier alpha value is -2.01. The van der Waals surface area contributed by atoms with Gasteiger partial charge in [0.05, 0.1) is 12.0 Å². The van der Waals surface area contributed by atoms with Crippen LogP contribution in [0.4, 0.5) is 5.69 Å². The third kappa shape index (κ3) is 3.25. The molecule has 0 spiro atoms. The van der Waals surface area contributed by atoms with Crippen LogP contribution in [0.25, 0.3) is 0 Å². The third-order valence-corrected chi connectivity index (χ3v) is 5.34. The normalized spacial score (nSPS) is 11.3. The number of anilines is 1. The molecule has 0 saturated heterocycles. The number of aryl methyl sites for hydroxylation is 1. The summed E-state index contributed by atoms with van der Waals surface area (Å²) >= 11 is 0. The Bertz CT molecular complexity index is 765. The molecule has 0 bridgehead atoms. The van der Waals surface area contributed by atoms with Crippen LogP contribution < -0.4 is 9.46 Å². The lowest BCUT2D eigenvalue weighted by Gasteiger charge is -2.14. The van der Waals surface area contributed by atoms with Crippen molar-refractivity contribution in [2.75, 3.05) is 11.8 Å². The fraction of sp³-hybridized carbons (Fsp3) is 0.294. The van der Waals surface area contributed by atoms with Crippen molar-refractivity contribution >= 4 is 15.7 Å². The zero-order valence-corrected chi connectivity index (χ0v) is 14.1. The quantitative estimate of drug-likeness (QED) is 0.914. The number of nitrogens with one attached hydrogen (secondary N) is 1. The van der Waals surface area contributed by atoms with Gasteiger partial charge in [-0.3, -0.25) is 4.72 Å². The first kappa shape index (κ1) is 16.4. The zero-order valence-electron chi connectivity index (χ0n) is 13.3. The standard InChI is InChI=1S/C17H21NO3S/c1-5-14-6-8-15(9-7-14)18-22(19,20)17-11-10-16(21-4)12(2)13(17)3/h6-11,18H,5H2,1-4H3. The van der Waals surface area contributed by atoms with Crippen molar-refractivity contribution in [3.05, 3.63) is 53.1 Å². The minimum absolute atomic E-state index is 0.269. The second-order valence-corrected chi connectivity index (χ2v) is 6.82. The molecule has 0 aliphatic heterocycles. The minimum Gasteiger partial charge on any atom is -0.496 e. The molecule has 0 aliphatic rings. The maximum Gasteiger partial charge on any atom is 0.262 e. The summed E-state index contributed by atoms with van der Waals surface area (Å²) in [6, 6.07) is 10.7. The van der Waals surface area contributed by atoms with E-state index < -0.39 is 10.0 Å². The lowest BCUT2D eigenvalue weighted by atomic mass is 10.1. The van der Waals surface area contributed by atoms with E-state index in [2.05, 4.69) is 11.6 Å². The van der Waals surface area contributed by atoms with Crippen molar-refractivity contribution < 1.29 is 13.2 Å². The molecule has 4 nitrogen and oxygen atoms in total. The smallest absolute Gasteiger partial charge is 0.262 e. The molecule has 0 saturated carbocycles. The van der Waals surface area contributed by atoms with Crippen LogP contribution in [0.1, 0.15) is 23.6 Å². The Morgan fingerprint density at radius 2 is 1.64 bits per heavy atom. The highest BCUT2D eigenvalue weighted by Crippen LogP contribution is 2.28. The summed E-state index contributed by atoms with van der Waals surface area (Å²) in [5.41, 5.74) is 3.24. The molecule has 118 valence electrons. The number of hydrogen-bond donors (Lipinski definition) is 1. The number of ether oxygens (including phenoxy) is 1. The van der Waals surface area contributed by atoms with Gasteiger partial charge in [-0.25, -0.2) is 8.42 Å². The molecule has 0 fully saturated rings. The van der Waals surface area contributed by atoms with Gasteiger partial charge in [-0.05, 0) is 61.2 Å². The molecule has 1 N–H and O–H groups in total. The average molecular weight is 319 g/mol. The van der Waals surface area contributed by atoms with Crippen LogP contribution in [-0.4, -0.2) is 15.5 Å². The van der Waals surface area contributed by atoms with E-state index in [4.69, 9.17) is 4.74 Å². The highest BCUT2D eigenvalue weighted by molar-refractivity contribution is 7.92. The van der Waals surface area contributed by atoms with Crippen LogP contribution in [0.2, 0.25) is 0 Å². The van der Waals surface area contributed by atoms with Crippen LogP contribution in [0.5, 0.6) is 5.75 Å². The number of benzene rings is 2. The molecule has 0 unspecified atom stereocenters. The molecule has 5 heteroatoms. The Labute approximate surface area is 132 Å². The Balaban J connectivity index is 2.36. The van der Waals surface area contributed by atoms with Crippen LogP contribution in [0.3, 0.4) is 0 Å². The fourth-order valence-corrected chi connectivity index (χ4v) is 3.66. The Kier molecular flexibility index (Phi) is 4.76. The Morgan fingerprint density at radius 1 is 1.00 bits per heavy atom. The monoisotopic (exact) mass is 319 g/mol. The SMILES string of the molecule is CCc1ccc(NS(=O)(=O)c2ccc(OC)c(C)c2C)cc1. The molecule has 0 radical (unpaired) electrons. The van der Waals surface area contributed by atoms with Crippen molar-refractivity contribution in [2.24, 2.45) is 0 Å². The molecule has 22 heavy (non-hydrogen) atoms. The van der Waals surface area contributed by atoms with E-state index in [1.54, 1.807) is 38.3 Å². The molecule has 0 heterocycles. The van der Waals surface area contributed by atoms with Crippen LogP contribution in [0.15, 0.2) is 41.3 Å². The first-order chi connectivity index (χ1) is 10.4. The summed E-state index contributed by atoms with van der Waals surface area (Å²) in [6.45, 7) is 5.69. The predicted molar refractivity (Wildman–Crippen MR) is 89.1 cm³/mol. The molecule has 2 aromatic carbocycles. The maximum absolute atomic E-state index is 12.6. The van der Waals surface area contributed by atoms with E-state index in [9.17, 15) is 8.42 Å². The van der Waals surface area contributed by atoms with Crippen molar-refractivity contribution in [2.45, 2.75) is 32.1 Å². The molecule has 0 atom stereocenters. The summed E-state index contributed by atoms with van der Waals surface area (Å²) in [5.74, 6) is 0.684. The summed E-state index contributed by atoms with van der Waals surface area (Å²) in [6.07, 6.45) is 0.920. The summed E-state index contributed by atoms with van der Waals surface area (Å²) in [4.78, 5) is 0.269. The highest BCUT2D eigenvalue weighted by atomic mass is 32.2.